The van der Waals surface area contributed by atoms with Crippen molar-refractivity contribution >= 4 is 18.3 Å². The van der Waals surface area contributed by atoms with Crippen molar-refractivity contribution in [3.63, 3.8) is 0 Å². The first kappa shape index (κ1) is 29.7. The summed E-state index contributed by atoms with van der Waals surface area (Å²) in [4.78, 5) is 42.8. The molecule has 9 heteroatoms. The van der Waals surface area contributed by atoms with Crippen LogP contribution in [-0.2, 0) is 25.5 Å². The first-order chi connectivity index (χ1) is 19.2. The molecule has 2 aliphatic rings. The molecule has 2 N–H and O–H groups in total. The van der Waals surface area contributed by atoms with Crippen LogP contribution in [-0.4, -0.2) is 85.2 Å². The third-order valence-corrected chi connectivity index (χ3v) is 8.01. The maximum atomic E-state index is 13.8. The van der Waals surface area contributed by atoms with Crippen LogP contribution in [0, 0.1) is 5.41 Å². The Morgan fingerprint density at radius 1 is 0.925 bits per heavy atom. The van der Waals surface area contributed by atoms with E-state index in [1.165, 1.54) is 5.56 Å². The number of ether oxygens (including phenoxy) is 2. The zero-order valence-corrected chi connectivity index (χ0v) is 23.9. The van der Waals surface area contributed by atoms with Crippen LogP contribution in [0.1, 0.15) is 39.2 Å². The van der Waals surface area contributed by atoms with E-state index in [0.29, 0.717) is 38.3 Å². The Bertz CT molecular complexity index is 1120. The lowest BCUT2D eigenvalue weighted by molar-refractivity contribution is -0.171. The molecule has 0 aliphatic carbocycles. The highest BCUT2D eigenvalue weighted by molar-refractivity contribution is 5.85. The number of esters is 2. The standard InChI is InChI=1S/C31H42N4O5/c1-29(2,3)27(37)39-23-31(33-24-36,28(38)40-26-12-8-5-9-13-26)35-20-18-34(19-21-35)30(14-16-32-17-15-30)22-25-10-6-4-7-11-25/h4-13,24,32H,14-23H2,1-3H3,(H,33,36). The molecule has 0 bridgehead atoms. The molecule has 1 atom stereocenters. The van der Waals surface area contributed by atoms with Gasteiger partial charge in [-0.2, -0.15) is 0 Å². The molecule has 1 unspecified atom stereocenters. The Balaban J connectivity index is 1.57. The summed E-state index contributed by atoms with van der Waals surface area (Å²) in [7, 11) is 0. The molecule has 2 saturated heterocycles. The topological polar surface area (TPSA) is 100 Å². The molecule has 0 saturated carbocycles. The molecule has 4 rings (SSSR count). The quantitative estimate of drug-likeness (QED) is 0.265. The maximum Gasteiger partial charge on any atom is 0.356 e. The highest BCUT2D eigenvalue weighted by Gasteiger charge is 2.50. The van der Waals surface area contributed by atoms with Crippen molar-refractivity contribution in [2.24, 2.45) is 5.41 Å². The first-order valence-corrected chi connectivity index (χ1v) is 14.1. The Hall–Kier alpha value is -3.27. The van der Waals surface area contributed by atoms with E-state index in [2.05, 4.69) is 39.8 Å². The lowest BCUT2D eigenvalue weighted by Crippen LogP contribution is -2.72. The zero-order chi connectivity index (χ0) is 28.6. The lowest BCUT2D eigenvalue weighted by Gasteiger charge is -2.52. The van der Waals surface area contributed by atoms with Gasteiger partial charge in [-0.3, -0.25) is 19.4 Å². The number of nitrogens with one attached hydrogen (secondary N) is 2. The summed E-state index contributed by atoms with van der Waals surface area (Å²) >= 11 is 0. The van der Waals surface area contributed by atoms with Gasteiger partial charge in [0, 0.05) is 31.7 Å². The molecule has 9 nitrogen and oxygen atoms in total. The van der Waals surface area contributed by atoms with Gasteiger partial charge in [0.15, 0.2) is 0 Å². The number of hydrogen-bond acceptors (Lipinski definition) is 8. The molecule has 216 valence electrons. The van der Waals surface area contributed by atoms with Crippen LogP contribution in [0.15, 0.2) is 60.7 Å². The molecular weight excluding hydrogens is 508 g/mol. The van der Waals surface area contributed by atoms with Gasteiger partial charge in [-0.25, -0.2) is 4.79 Å². The second-order valence-corrected chi connectivity index (χ2v) is 11.8. The SMILES string of the molecule is CC(C)(C)C(=O)OCC(NC=O)(C(=O)Oc1ccccc1)N1CCN(C2(Cc3ccccc3)CCNCC2)CC1. The highest BCUT2D eigenvalue weighted by atomic mass is 16.6. The Morgan fingerprint density at radius 3 is 2.10 bits per heavy atom. The predicted molar refractivity (Wildman–Crippen MR) is 153 cm³/mol. The fourth-order valence-corrected chi connectivity index (χ4v) is 5.67. The van der Waals surface area contributed by atoms with Gasteiger partial charge in [-0.1, -0.05) is 48.5 Å². The second-order valence-electron chi connectivity index (χ2n) is 11.8. The van der Waals surface area contributed by atoms with E-state index < -0.39 is 23.0 Å². The molecule has 0 radical (unpaired) electrons. The molecular formula is C31H42N4O5. The molecule has 1 amide bonds. The summed E-state index contributed by atoms with van der Waals surface area (Å²) in [5, 5.41) is 6.20. The molecule has 0 aromatic heterocycles. The van der Waals surface area contributed by atoms with Gasteiger partial charge in [-0.05, 0) is 70.8 Å². The van der Waals surface area contributed by atoms with E-state index in [-0.39, 0.29) is 12.1 Å². The molecule has 40 heavy (non-hydrogen) atoms. The van der Waals surface area contributed by atoms with Crippen LogP contribution in [0.4, 0.5) is 0 Å². The van der Waals surface area contributed by atoms with Crippen LogP contribution in [0.25, 0.3) is 0 Å². The largest absolute Gasteiger partial charge is 0.461 e. The van der Waals surface area contributed by atoms with E-state index in [0.717, 1.165) is 32.4 Å². The summed E-state index contributed by atoms with van der Waals surface area (Å²) in [6.45, 7) is 9.16. The number of piperidine rings is 1. The number of carbonyl (C=O) groups excluding carboxylic acids is 3. The van der Waals surface area contributed by atoms with Gasteiger partial charge in [0.25, 0.3) is 0 Å². The summed E-state index contributed by atoms with van der Waals surface area (Å²) in [5.41, 5.74) is -1.12. The van der Waals surface area contributed by atoms with Crippen molar-refractivity contribution in [3.8, 4) is 5.75 Å². The third-order valence-electron chi connectivity index (χ3n) is 8.01. The number of para-hydroxylation sites is 1. The molecule has 2 aliphatic heterocycles. The van der Waals surface area contributed by atoms with Crippen molar-refractivity contribution < 1.29 is 23.9 Å². The van der Waals surface area contributed by atoms with Crippen molar-refractivity contribution in [1.82, 2.24) is 20.4 Å². The Kier molecular flexibility index (Phi) is 9.60. The summed E-state index contributed by atoms with van der Waals surface area (Å²) in [6, 6.07) is 19.3. The number of nitrogens with zero attached hydrogens (tertiary/aromatic N) is 2. The molecule has 2 heterocycles. The average Bonchev–Trinajstić information content (AvgIpc) is 2.96. The molecule has 2 aromatic rings. The number of amides is 1. The van der Waals surface area contributed by atoms with Crippen LogP contribution in [0.3, 0.4) is 0 Å². The van der Waals surface area contributed by atoms with Crippen LogP contribution < -0.4 is 15.4 Å². The van der Waals surface area contributed by atoms with E-state index in [4.69, 9.17) is 9.47 Å². The zero-order valence-electron chi connectivity index (χ0n) is 23.9. The summed E-state index contributed by atoms with van der Waals surface area (Å²) in [6.07, 6.45) is 3.48. The van der Waals surface area contributed by atoms with Crippen molar-refractivity contribution in [1.29, 1.82) is 0 Å². The van der Waals surface area contributed by atoms with Gasteiger partial charge in [0.05, 0.1) is 5.41 Å². The minimum absolute atomic E-state index is 0.00267. The smallest absolute Gasteiger partial charge is 0.356 e. The lowest BCUT2D eigenvalue weighted by atomic mass is 9.80. The van der Waals surface area contributed by atoms with E-state index in [1.54, 1.807) is 45.0 Å². The monoisotopic (exact) mass is 550 g/mol. The van der Waals surface area contributed by atoms with Gasteiger partial charge >= 0.3 is 11.9 Å². The van der Waals surface area contributed by atoms with Gasteiger partial charge in [-0.15, -0.1) is 0 Å². The number of rotatable bonds is 10. The Labute approximate surface area is 237 Å². The first-order valence-electron chi connectivity index (χ1n) is 14.1. The second kappa shape index (κ2) is 12.9. The molecule has 0 spiro atoms. The fourth-order valence-electron chi connectivity index (χ4n) is 5.67. The van der Waals surface area contributed by atoms with Crippen LogP contribution in [0.2, 0.25) is 0 Å². The van der Waals surface area contributed by atoms with Gasteiger partial charge < -0.3 is 20.1 Å². The summed E-state index contributed by atoms with van der Waals surface area (Å²) < 4.78 is 11.4. The number of hydrogen-bond donors (Lipinski definition) is 2. The average molecular weight is 551 g/mol. The minimum Gasteiger partial charge on any atom is -0.461 e. The van der Waals surface area contributed by atoms with E-state index in [1.807, 2.05) is 17.0 Å². The van der Waals surface area contributed by atoms with Crippen LogP contribution >= 0.6 is 0 Å². The molecule has 2 fully saturated rings. The van der Waals surface area contributed by atoms with Crippen molar-refractivity contribution in [3.05, 3.63) is 66.2 Å². The Morgan fingerprint density at radius 2 is 1.52 bits per heavy atom. The fraction of sp³-hybridized carbons (Fsp3) is 0.516. The normalized spacial score (nSPS) is 19.7. The number of benzene rings is 2. The van der Waals surface area contributed by atoms with E-state index in [9.17, 15) is 14.4 Å². The molecule has 2 aromatic carbocycles. The van der Waals surface area contributed by atoms with E-state index >= 15 is 0 Å². The number of piperazine rings is 1. The van der Waals surface area contributed by atoms with Gasteiger partial charge in [0.2, 0.25) is 12.1 Å². The third kappa shape index (κ3) is 6.89. The predicted octanol–water partition coefficient (Wildman–Crippen LogP) is 2.61. The maximum absolute atomic E-state index is 13.8. The van der Waals surface area contributed by atoms with Gasteiger partial charge in [0.1, 0.15) is 12.4 Å². The highest BCUT2D eigenvalue weighted by Crippen LogP contribution is 2.33. The number of carbonyl (C=O) groups is 3. The minimum atomic E-state index is -1.66. The summed E-state index contributed by atoms with van der Waals surface area (Å²) in [5.74, 6) is -0.809. The van der Waals surface area contributed by atoms with Crippen molar-refractivity contribution in [2.45, 2.75) is 51.2 Å². The van der Waals surface area contributed by atoms with Crippen molar-refractivity contribution in [2.75, 3.05) is 45.9 Å². The van der Waals surface area contributed by atoms with Crippen LogP contribution in [0.5, 0.6) is 5.75 Å².